The van der Waals surface area contributed by atoms with Crippen molar-refractivity contribution in [1.82, 2.24) is 10.6 Å². The van der Waals surface area contributed by atoms with Crippen LogP contribution < -0.4 is 10.6 Å². The summed E-state index contributed by atoms with van der Waals surface area (Å²) < 4.78 is 0. The van der Waals surface area contributed by atoms with E-state index in [1.165, 1.54) is 12.1 Å². The Bertz CT molecular complexity index is 469. The highest BCUT2D eigenvalue weighted by atomic mass is 16.6. The van der Waals surface area contributed by atoms with E-state index in [0.717, 1.165) is 31.4 Å². The summed E-state index contributed by atoms with van der Waals surface area (Å²) in [5, 5.41) is 16.6. The third-order valence-corrected chi connectivity index (χ3v) is 3.21. The van der Waals surface area contributed by atoms with Crippen LogP contribution in [0.4, 0.5) is 5.69 Å². The first-order valence-electron chi connectivity index (χ1n) is 6.88. The van der Waals surface area contributed by atoms with E-state index in [9.17, 15) is 14.9 Å². The summed E-state index contributed by atoms with van der Waals surface area (Å²) in [7, 11) is 0. The fourth-order valence-corrected chi connectivity index (χ4v) is 1.87. The minimum Gasteiger partial charge on any atom is -0.353 e. The van der Waals surface area contributed by atoms with Gasteiger partial charge in [0.25, 0.3) is 5.69 Å². The molecule has 2 rings (SSSR count). The Morgan fingerprint density at radius 2 is 1.95 bits per heavy atom. The molecule has 6 nitrogen and oxygen atoms in total. The topological polar surface area (TPSA) is 84.3 Å². The van der Waals surface area contributed by atoms with Gasteiger partial charge >= 0.3 is 0 Å². The highest BCUT2D eigenvalue weighted by Crippen LogP contribution is 2.18. The summed E-state index contributed by atoms with van der Waals surface area (Å²) in [6, 6.07) is 6.97. The molecule has 6 heteroatoms. The van der Waals surface area contributed by atoms with E-state index in [2.05, 4.69) is 10.6 Å². The van der Waals surface area contributed by atoms with Crippen molar-refractivity contribution in [2.24, 2.45) is 0 Å². The molecule has 0 saturated heterocycles. The summed E-state index contributed by atoms with van der Waals surface area (Å²) in [4.78, 5) is 21.5. The quantitative estimate of drug-likeness (QED) is 0.427. The average molecular weight is 277 g/mol. The van der Waals surface area contributed by atoms with Crippen LogP contribution >= 0.6 is 0 Å². The van der Waals surface area contributed by atoms with Crippen LogP contribution in [0.5, 0.6) is 0 Å². The lowest BCUT2D eigenvalue weighted by atomic mass is 10.1. The van der Waals surface area contributed by atoms with Crippen LogP contribution in [-0.2, 0) is 11.2 Å². The molecular formula is C14H19N3O3. The largest absolute Gasteiger partial charge is 0.353 e. The van der Waals surface area contributed by atoms with Crippen molar-refractivity contribution >= 4 is 11.6 Å². The highest BCUT2D eigenvalue weighted by molar-refractivity contribution is 5.76. The number of rotatable bonds is 8. The molecular weight excluding hydrogens is 258 g/mol. The maximum Gasteiger partial charge on any atom is 0.269 e. The molecule has 0 aromatic heterocycles. The van der Waals surface area contributed by atoms with Crippen LogP contribution in [0.2, 0.25) is 0 Å². The van der Waals surface area contributed by atoms with Crippen molar-refractivity contribution in [2.75, 3.05) is 13.1 Å². The Hall–Kier alpha value is -1.95. The van der Waals surface area contributed by atoms with Gasteiger partial charge in [-0.05, 0) is 31.4 Å². The third-order valence-electron chi connectivity index (χ3n) is 3.21. The molecule has 0 heterocycles. The SMILES string of the molecule is O=C(CCNCCc1ccc([N+](=O)[O-])cc1)NC1CC1. The molecule has 1 fully saturated rings. The van der Waals surface area contributed by atoms with E-state index in [1.807, 2.05) is 0 Å². The third kappa shape index (κ3) is 4.97. The van der Waals surface area contributed by atoms with E-state index in [4.69, 9.17) is 0 Å². The molecule has 0 spiro atoms. The average Bonchev–Trinajstić information content (AvgIpc) is 3.22. The van der Waals surface area contributed by atoms with Gasteiger partial charge in [-0.1, -0.05) is 12.1 Å². The number of nitrogens with one attached hydrogen (secondary N) is 2. The number of carbonyl (C=O) groups excluding carboxylic acids is 1. The first-order chi connectivity index (χ1) is 9.65. The Morgan fingerprint density at radius 3 is 2.55 bits per heavy atom. The van der Waals surface area contributed by atoms with Crippen LogP contribution in [0, 0.1) is 10.1 Å². The number of carbonyl (C=O) groups is 1. The fraction of sp³-hybridized carbons (Fsp3) is 0.500. The minimum absolute atomic E-state index is 0.107. The number of benzene rings is 1. The van der Waals surface area contributed by atoms with Gasteiger partial charge in [0.15, 0.2) is 0 Å². The van der Waals surface area contributed by atoms with Gasteiger partial charge in [0, 0.05) is 31.1 Å². The van der Waals surface area contributed by atoms with Crippen LogP contribution in [0.25, 0.3) is 0 Å². The predicted octanol–water partition coefficient (Wildman–Crippen LogP) is 1.40. The molecule has 1 saturated carbocycles. The highest BCUT2D eigenvalue weighted by Gasteiger charge is 2.22. The summed E-state index contributed by atoms with van der Waals surface area (Å²) in [6.45, 7) is 1.42. The van der Waals surface area contributed by atoms with Crippen molar-refractivity contribution < 1.29 is 9.72 Å². The molecule has 1 amide bonds. The van der Waals surface area contributed by atoms with Gasteiger partial charge in [-0.15, -0.1) is 0 Å². The molecule has 0 bridgehead atoms. The van der Waals surface area contributed by atoms with E-state index in [-0.39, 0.29) is 11.6 Å². The molecule has 108 valence electrons. The standard InChI is InChI=1S/C14H19N3O3/c18-14(16-12-3-4-12)8-10-15-9-7-11-1-5-13(6-2-11)17(19)20/h1-2,5-6,12,15H,3-4,7-10H2,(H,16,18). The summed E-state index contributed by atoms with van der Waals surface area (Å²) in [5.41, 5.74) is 1.16. The van der Waals surface area contributed by atoms with Crippen molar-refractivity contribution in [3.63, 3.8) is 0 Å². The second kappa shape index (κ2) is 7.00. The molecule has 1 aliphatic rings. The maximum atomic E-state index is 11.4. The molecule has 20 heavy (non-hydrogen) atoms. The number of nitrogens with zero attached hydrogens (tertiary/aromatic N) is 1. The lowest BCUT2D eigenvalue weighted by molar-refractivity contribution is -0.384. The summed E-state index contributed by atoms with van der Waals surface area (Å²) in [6.07, 6.45) is 3.51. The lowest BCUT2D eigenvalue weighted by Gasteiger charge is -2.05. The van der Waals surface area contributed by atoms with Gasteiger partial charge in [-0.3, -0.25) is 14.9 Å². The first kappa shape index (κ1) is 14.5. The molecule has 1 aromatic carbocycles. The van der Waals surface area contributed by atoms with Crippen LogP contribution in [0.1, 0.15) is 24.8 Å². The fourth-order valence-electron chi connectivity index (χ4n) is 1.87. The Morgan fingerprint density at radius 1 is 1.25 bits per heavy atom. The molecule has 0 aliphatic heterocycles. The normalized spacial score (nSPS) is 14.0. The van der Waals surface area contributed by atoms with Crippen molar-refractivity contribution in [3.8, 4) is 0 Å². The Balaban J connectivity index is 1.58. The van der Waals surface area contributed by atoms with Gasteiger partial charge < -0.3 is 10.6 Å². The lowest BCUT2D eigenvalue weighted by Crippen LogP contribution is -2.29. The van der Waals surface area contributed by atoms with Crippen molar-refractivity contribution in [1.29, 1.82) is 0 Å². The van der Waals surface area contributed by atoms with Crippen molar-refractivity contribution in [3.05, 3.63) is 39.9 Å². The number of hydrogen-bond acceptors (Lipinski definition) is 4. The Labute approximate surface area is 117 Å². The van der Waals surface area contributed by atoms with Crippen LogP contribution in [0.15, 0.2) is 24.3 Å². The van der Waals surface area contributed by atoms with Gasteiger partial charge in [-0.25, -0.2) is 0 Å². The number of nitro benzene ring substituents is 1. The van der Waals surface area contributed by atoms with E-state index >= 15 is 0 Å². The van der Waals surface area contributed by atoms with E-state index in [1.54, 1.807) is 12.1 Å². The molecule has 0 radical (unpaired) electrons. The predicted molar refractivity (Wildman–Crippen MR) is 75.5 cm³/mol. The molecule has 2 N–H and O–H groups in total. The zero-order valence-electron chi connectivity index (χ0n) is 11.3. The minimum atomic E-state index is -0.402. The van der Waals surface area contributed by atoms with Gasteiger partial charge in [-0.2, -0.15) is 0 Å². The first-order valence-corrected chi connectivity index (χ1v) is 6.88. The van der Waals surface area contributed by atoms with Crippen molar-refractivity contribution in [2.45, 2.75) is 31.7 Å². The van der Waals surface area contributed by atoms with Gasteiger partial charge in [0.1, 0.15) is 0 Å². The molecule has 1 aliphatic carbocycles. The molecule has 0 unspecified atom stereocenters. The maximum absolute atomic E-state index is 11.4. The smallest absolute Gasteiger partial charge is 0.269 e. The Kier molecular flexibility index (Phi) is 5.06. The van der Waals surface area contributed by atoms with E-state index < -0.39 is 4.92 Å². The number of non-ortho nitro benzene ring substituents is 1. The van der Waals surface area contributed by atoms with E-state index in [0.29, 0.717) is 19.0 Å². The number of amides is 1. The number of nitro groups is 1. The second-order valence-electron chi connectivity index (χ2n) is 5.02. The second-order valence-corrected chi connectivity index (χ2v) is 5.02. The zero-order valence-corrected chi connectivity index (χ0v) is 11.3. The van der Waals surface area contributed by atoms with Crippen LogP contribution in [0.3, 0.4) is 0 Å². The van der Waals surface area contributed by atoms with Gasteiger partial charge in [0.05, 0.1) is 4.92 Å². The summed E-state index contributed by atoms with van der Waals surface area (Å²) in [5.74, 6) is 0.107. The van der Waals surface area contributed by atoms with Crippen LogP contribution in [-0.4, -0.2) is 30.0 Å². The zero-order chi connectivity index (χ0) is 14.4. The summed E-state index contributed by atoms with van der Waals surface area (Å²) >= 11 is 0. The molecule has 1 aromatic rings. The monoisotopic (exact) mass is 277 g/mol. The molecule has 0 atom stereocenters. The number of hydrogen-bond donors (Lipinski definition) is 2. The van der Waals surface area contributed by atoms with Gasteiger partial charge in [0.2, 0.25) is 5.91 Å².